The molecule has 2 aromatic carbocycles. The first-order valence-electron chi connectivity index (χ1n) is 8.29. The van der Waals surface area contributed by atoms with Gasteiger partial charge in [0.1, 0.15) is 12.0 Å². The summed E-state index contributed by atoms with van der Waals surface area (Å²) in [6.07, 6.45) is 3.02. The van der Waals surface area contributed by atoms with E-state index in [2.05, 4.69) is 11.6 Å². The SMILES string of the molecule is C=CCN(Cc1coc(-c2ccccc2)n1)S(=O)(=O)c1ccc(OC)cc1. The molecule has 0 unspecified atom stereocenters. The zero-order valence-electron chi connectivity index (χ0n) is 14.9. The summed E-state index contributed by atoms with van der Waals surface area (Å²) < 4.78 is 37.9. The standard InChI is InChI=1S/C20H20N2O4S/c1-3-13-22(27(23,24)19-11-9-18(25-2)10-12-19)14-17-15-26-20(21-17)16-7-5-4-6-8-16/h3-12,15H,1,13-14H2,2H3. The molecule has 0 saturated heterocycles. The van der Waals surface area contributed by atoms with Crippen LogP contribution in [-0.4, -0.2) is 31.4 Å². The molecule has 0 saturated carbocycles. The van der Waals surface area contributed by atoms with Crippen LogP contribution in [0.1, 0.15) is 5.69 Å². The highest BCUT2D eigenvalue weighted by molar-refractivity contribution is 7.89. The van der Waals surface area contributed by atoms with E-state index in [0.29, 0.717) is 17.3 Å². The van der Waals surface area contributed by atoms with Gasteiger partial charge < -0.3 is 9.15 Å². The first-order valence-corrected chi connectivity index (χ1v) is 9.73. The molecule has 3 rings (SSSR count). The van der Waals surface area contributed by atoms with Gasteiger partial charge in [-0.15, -0.1) is 6.58 Å². The molecule has 6 nitrogen and oxygen atoms in total. The lowest BCUT2D eigenvalue weighted by Crippen LogP contribution is -2.31. The van der Waals surface area contributed by atoms with Crippen LogP contribution in [0, 0.1) is 0 Å². The van der Waals surface area contributed by atoms with E-state index >= 15 is 0 Å². The van der Waals surface area contributed by atoms with Crippen molar-refractivity contribution in [3.8, 4) is 17.2 Å². The third-order valence-electron chi connectivity index (χ3n) is 3.94. The lowest BCUT2D eigenvalue weighted by molar-refractivity contribution is 0.413. The maximum absolute atomic E-state index is 13.0. The zero-order valence-corrected chi connectivity index (χ0v) is 15.7. The fourth-order valence-electron chi connectivity index (χ4n) is 2.56. The van der Waals surface area contributed by atoms with Crippen molar-refractivity contribution >= 4 is 10.0 Å². The predicted molar refractivity (Wildman–Crippen MR) is 103 cm³/mol. The second-order valence-electron chi connectivity index (χ2n) is 5.77. The third-order valence-corrected chi connectivity index (χ3v) is 5.77. The molecular formula is C20H20N2O4S. The highest BCUT2D eigenvalue weighted by Crippen LogP contribution is 2.23. The Morgan fingerprint density at radius 2 is 1.85 bits per heavy atom. The Balaban J connectivity index is 1.85. The van der Waals surface area contributed by atoms with Crippen LogP contribution in [0.3, 0.4) is 0 Å². The Hall–Kier alpha value is -2.90. The van der Waals surface area contributed by atoms with Crippen LogP contribution in [0.25, 0.3) is 11.5 Å². The molecule has 0 atom stereocenters. The average Bonchev–Trinajstić information content (AvgIpc) is 3.17. The Morgan fingerprint density at radius 3 is 2.48 bits per heavy atom. The molecule has 0 aliphatic carbocycles. The van der Waals surface area contributed by atoms with E-state index in [4.69, 9.17) is 9.15 Å². The molecular weight excluding hydrogens is 364 g/mol. The van der Waals surface area contributed by atoms with Gasteiger partial charge in [0.25, 0.3) is 0 Å². The Morgan fingerprint density at radius 1 is 1.15 bits per heavy atom. The summed E-state index contributed by atoms with van der Waals surface area (Å²) in [6, 6.07) is 15.7. The molecule has 0 amide bonds. The normalized spacial score (nSPS) is 11.5. The van der Waals surface area contributed by atoms with E-state index in [1.54, 1.807) is 18.2 Å². The minimum absolute atomic E-state index is 0.0801. The molecule has 0 spiro atoms. The number of benzene rings is 2. The van der Waals surface area contributed by atoms with Crippen molar-refractivity contribution in [2.24, 2.45) is 0 Å². The van der Waals surface area contributed by atoms with Crippen LogP contribution in [-0.2, 0) is 16.6 Å². The van der Waals surface area contributed by atoms with Crippen molar-refractivity contribution in [1.82, 2.24) is 9.29 Å². The minimum Gasteiger partial charge on any atom is -0.497 e. The van der Waals surface area contributed by atoms with E-state index in [-0.39, 0.29) is 18.0 Å². The zero-order chi connectivity index (χ0) is 19.3. The van der Waals surface area contributed by atoms with Gasteiger partial charge in [-0.2, -0.15) is 4.31 Å². The molecule has 0 N–H and O–H groups in total. The molecule has 7 heteroatoms. The van der Waals surface area contributed by atoms with Crippen LogP contribution in [0.5, 0.6) is 5.75 Å². The van der Waals surface area contributed by atoms with Gasteiger partial charge in [-0.3, -0.25) is 0 Å². The molecule has 0 fully saturated rings. The number of rotatable bonds is 8. The maximum atomic E-state index is 13.0. The van der Waals surface area contributed by atoms with Crippen molar-refractivity contribution in [2.45, 2.75) is 11.4 Å². The highest BCUT2D eigenvalue weighted by atomic mass is 32.2. The molecule has 3 aromatic rings. The van der Waals surface area contributed by atoms with E-state index in [9.17, 15) is 8.42 Å². The summed E-state index contributed by atoms with van der Waals surface area (Å²) >= 11 is 0. The number of aromatic nitrogens is 1. The second kappa shape index (κ2) is 8.20. The summed E-state index contributed by atoms with van der Waals surface area (Å²) in [6.45, 7) is 3.89. The smallest absolute Gasteiger partial charge is 0.243 e. The molecule has 27 heavy (non-hydrogen) atoms. The molecule has 1 heterocycles. The van der Waals surface area contributed by atoms with Crippen molar-refractivity contribution in [2.75, 3.05) is 13.7 Å². The number of hydrogen-bond acceptors (Lipinski definition) is 5. The Labute approximate surface area is 158 Å². The van der Waals surface area contributed by atoms with Crippen LogP contribution in [0.4, 0.5) is 0 Å². The molecule has 0 aliphatic rings. The number of hydrogen-bond donors (Lipinski definition) is 0. The fourth-order valence-corrected chi connectivity index (χ4v) is 3.94. The number of oxazole rings is 1. The van der Waals surface area contributed by atoms with Gasteiger partial charge in [-0.25, -0.2) is 13.4 Å². The van der Waals surface area contributed by atoms with E-state index < -0.39 is 10.0 Å². The Bertz CT molecular complexity index is 996. The monoisotopic (exact) mass is 384 g/mol. The number of methoxy groups -OCH3 is 1. The van der Waals surface area contributed by atoms with E-state index in [1.807, 2.05) is 30.3 Å². The molecule has 140 valence electrons. The summed E-state index contributed by atoms with van der Waals surface area (Å²) in [5, 5.41) is 0. The topological polar surface area (TPSA) is 72.6 Å². The highest BCUT2D eigenvalue weighted by Gasteiger charge is 2.25. The van der Waals surface area contributed by atoms with Crippen molar-refractivity contribution in [3.05, 3.63) is 79.2 Å². The third kappa shape index (κ3) is 4.27. The number of sulfonamides is 1. The van der Waals surface area contributed by atoms with Gasteiger partial charge in [0, 0.05) is 12.1 Å². The predicted octanol–water partition coefficient (Wildman–Crippen LogP) is 3.73. The number of nitrogens with zero attached hydrogens (tertiary/aromatic N) is 2. The summed E-state index contributed by atoms with van der Waals surface area (Å²) in [4.78, 5) is 4.59. The minimum atomic E-state index is -3.72. The lowest BCUT2D eigenvalue weighted by atomic mass is 10.2. The lowest BCUT2D eigenvalue weighted by Gasteiger charge is -2.19. The first kappa shape index (κ1) is 18.9. The molecule has 0 bridgehead atoms. The van der Waals surface area contributed by atoms with Crippen LogP contribution in [0.15, 0.2) is 82.8 Å². The van der Waals surface area contributed by atoms with Gasteiger partial charge in [0.2, 0.25) is 15.9 Å². The largest absolute Gasteiger partial charge is 0.497 e. The number of ether oxygens (including phenoxy) is 1. The van der Waals surface area contributed by atoms with Gasteiger partial charge >= 0.3 is 0 Å². The van der Waals surface area contributed by atoms with Gasteiger partial charge in [0.15, 0.2) is 0 Å². The molecule has 0 radical (unpaired) electrons. The van der Waals surface area contributed by atoms with E-state index in [0.717, 1.165) is 5.56 Å². The van der Waals surface area contributed by atoms with Crippen LogP contribution in [0.2, 0.25) is 0 Å². The summed E-state index contributed by atoms with van der Waals surface area (Å²) in [5.41, 5.74) is 1.35. The van der Waals surface area contributed by atoms with Crippen molar-refractivity contribution in [1.29, 1.82) is 0 Å². The maximum Gasteiger partial charge on any atom is 0.243 e. The first-order chi connectivity index (χ1) is 13.0. The van der Waals surface area contributed by atoms with Crippen LogP contribution >= 0.6 is 0 Å². The second-order valence-corrected chi connectivity index (χ2v) is 7.71. The van der Waals surface area contributed by atoms with Crippen molar-refractivity contribution in [3.63, 3.8) is 0 Å². The Kier molecular flexibility index (Phi) is 5.73. The van der Waals surface area contributed by atoms with Gasteiger partial charge in [-0.05, 0) is 36.4 Å². The van der Waals surface area contributed by atoms with Gasteiger partial charge in [0.05, 0.1) is 24.2 Å². The average molecular weight is 384 g/mol. The summed E-state index contributed by atoms with van der Waals surface area (Å²) in [5.74, 6) is 1.04. The van der Waals surface area contributed by atoms with E-state index in [1.165, 1.54) is 29.8 Å². The van der Waals surface area contributed by atoms with Crippen molar-refractivity contribution < 1.29 is 17.6 Å². The summed E-state index contributed by atoms with van der Waals surface area (Å²) in [7, 11) is -2.19. The molecule has 1 aromatic heterocycles. The van der Waals surface area contributed by atoms with Gasteiger partial charge in [-0.1, -0.05) is 24.3 Å². The van der Waals surface area contributed by atoms with Crippen LogP contribution < -0.4 is 4.74 Å². The fraction of sp³-hybridized carbons (Fsp3) is 0.150. The molecule has 0 aliphatic heterocycles. The quantitative estimate of drug-likeness (QED) is 0.554.